The van der Waals surface area contributed by atoms with E-state index in [2.05, 4.69) is 10.3 Å². The SMILES string of the molecule is Cc1nc(CCNC(=O)C2(c3cccc(F)c3)CCC2)cs1. The van der Waals surface area contributed by atoms with Crippen molar-refractivity contribution < 1.29 is 9.18 Å². The monoisotopic (exact) mass is 318 g/mol. The molecular formula is C17H19FN2OS. The Morgan fingerprint density at radius 1 is 1.45 bits per heavy atom. The van der Waals surface area contributed by atoms with E-state index in [-0.39, 0.29) is 11.7 Å². The number of hydrogen-bond donors (Lipinski definition) is 1. The largest absolute Gasteiger partial charge is 0.355 e. The second-order valence-corrected chi connectivity index (χ2v) is 6.87. The molecule has 2 aromatic rings. The molecule has 0 bridgehead atoms. The van der Waals surface area contributed by atoms with Gasteiger partial charge in [-0.3, -0.25) is 4.79 Å². The summed E-state index contributed by atoms with van der Waals surface area (Å²) in [6.45, 7) is 2.54. The van der Waals surface area contributed by atoms with Crippen LogP contribution in [0.4, 0.5) is 4.39 Å². The van der Waals surface area contributed by atoms with Gasteiger partial charge in [0.05, 0.1) is 16.1 Å². The number of thiazole rings is 1. The fourth-order valence-corrected chi connectivity index (χ4v) is 3.61. The molecule has 0 saturated heterocycles. The smallest absolute Gasteiger partial charge is 0.230 e. The third kappa shape index (κ3) is 2.90. The first-order chi connectivity index (χ1) is 10.6. The number of amides is 1. The molecule has 1 aliphatic rings. The normalized spacial score (nSPS) is 16.1. The third-order valence-electron chi connectivity index (χ3n) is 4.35. The predicted molar refractivity (Wildman–Crippen MR) is 85.5 cm³/mol. The van der Waals surface area contributed by atoms with Gasteiger partial charge in [-0.05, 0) is 37.5 Å². The summed E-state index contributed by atoms with van der Waals surface area (Å²) < 4.78 is 13.5. The number of carbonyl (C=O) groups is 1. The number of nitrogens with one attached hydrogen (secondary N) is 1. The molecule has 1 aromatic carbocycles. The highest BCUT2D eigenvalue weighted by molar-refractivity contribution is 7.09. The van der Waals surface area contributed by atoms with Crippen molar-refractivity contribution in [2.75, 3.05) is 6.54 Å². The van der Waals surface area contributed by atoms with Crippen LogP contribution < -0.4 is 5.32 Å². The lowest BCUT2D eigenvalue weighted by molar-refractivity contribution is -0.129. The molecule has 1 heterocycles. The van der Waals surface area contributed by atoms with E-state index in [1.807, 2.05) is 18.4 Å². The van der Waals surface area contributed by atoms with Gasteiger partial charge in [0, 0.05) is 18.3 Å². The number of nitrogens with zero attached hydrogens (tertiary/aromatic N) is 1. The van der Waals surface area contributed by atoms with Crippen LogP contribution in [0.2, 0.25) is 0 Å². The quantitative estimate of drug-likeness (QED) is 0.918. The van der Waals surface area contributed by atoms with Crippen LogP contribution in [0.1, 0.15) is 35.5 Å². The summed E-state index contributed by atoms with van der Waals surface area (Å²) in [5, 5.41) is 6.06. The Bertz CT molecular complexity index is 679. The number of halogens is 1. The molecule has 1 amide bonds. The number of aromatic nitrogens is 1. The topological polar surface area (TPSA) is 42.0 Å². The summed E-state index contributed by atoms with van der Waals surface area (Å²) in [6.07, 6.45) is 3.32. The number of rotatable bonds is 5. The molecule has 5 heteroatoms. The standard InChI is InChI=1S/C17H19FN2OS/c1-12-20-15(11-22-12)6-9-19-16(21)17(7-3-8-17)13-4-2-5-14(18)10-13/h2,4-5,10-11H,3,6-9H2,1H3,(H,19,21). The average molecular weight is 318 g/mol. The minimum Gasteiger partial charge on any atom is -0.355 e. The van der Waals surface area contributed by atoms with Crippen molar-refractivity contribution in [2.45, 2.75) is 38.0 Å². The molecule has 22 heavy (non-hydrogen) atoms. The Hall–Kier alpha value is -1.75. The van der Waals surface area contributed by atoms with Crippen molar-refractivity contribution in [3.63, 3.8) is 0 Å². The van der Waals surface area contributed by atoms with Crippen LogP contribution >= 0.6 is 11.3 Å². The Labute approximate surface area is 133 Å². The maximum atomic E-state index is 13.5. The maximum Gasteiger partial charge on any atom is 0.230 e. The minimum atomic E-state index is -0.542. The number of benzene rings is 1. The highest BCUT2D eigenvalue weighted by Crippen LogP contribution is 2.44. The van der Waals surface area contributed by atoms with Crippen LogP contribution in [0.25, 0.3) is 0 Å². The first-order valence-electron chi connectivity index (χ1n) is 7.55. The van der Waals surface area contributed by atoms with Crippen LogP contribution in [-0.4, -0.2) is 17.4 Å². The van der Waals surface area contributed by atoms with Crippen molar-refractivity contribution in [3.8, 4) is 0 Å². The van der Waals surface area contributed by atoms with Gasteiger partial charge in [-0.25, -0.2) is 9.37 Å². The molecule has 116 valence electrons. The lowest BCUT2D eigenvalue weighted by atomic mass is 9.64. The summed E-state index contributed by atoms with van der Waals surface area (Å²) in [5.41, 5.74) is 1.26. The van der Waals surface area contributed by atoms with Gasteiger partial charge in [0.15, 0.2) is 0 Å². The second-order valence-electron chi connectivity index (χ2n) is 5.81. The van der Waals surface area contributed by atoms with Crippen molar-refractivity contribution in [1.29, 1.82) is 0 Å². The maximum absolute atomic E-state index is 13.5. The first kappa shape index (κ1) is 15.2. The zero-order chi connectivity index (χ0) is 15.6. The van der Waals surface area contributed by atoms with Crippen molar-refractivity contribution in [3.05, 3.63) is 51.7 Å². The van der Waals surface area contributed by atoms with Gasteiger partial charge in [-0.2, -0.15) is 0 Å². The zero-order valence-electron chi connectivity index (χ0n) is 12.6. The molecule has 0 atom stereocenters. The van der Waals surface area contributed by atoms with E-state index < -0.39 is 5.41 Å². The van der Waals surface area contributed by atoms with Crippen molar-refractivity contribution in [2.24, 2.45) is 0 Å². The number of hydrogen-bond acceptors (Lipinski definition) is 3. The van der Waals surface area contributed by atoms with Crippen LogP contribution in [0.5, 0.6) is 0 Å². The molecule has 1 aromatic heterocycles. The molecule has 0 spiro atoms. The van der Waals surface area contributed by atoms with E-state index in [0.717, 1.165) is 41.9 Å². The van der Waals surface area contributed by atoms with E-state index in [9.17, 15) is 9.18 Å². The fraction of sp³-hybridized carbons (Fsp3) is 0.412. The van der Waals surface area contributed by atoms with Crippen LogP contribution in [0, 0.1) is 12.7 Å². The van der Waals surface area contributed by atoms with Crippen LogP contribution in [0.15, 0.2) is 29.6 Å². The van der Waals surface area contributed by atoms with E-state index in [1.54, 1.807) is 17.4 Å². The molecule has 1 fully saturated rings. The highest BCUT2D eigenvalue weighted by atomic mass is 32.1. The van der Waals surface area contributed by atoms with Gasteiger partial charge in [0.2, 0.25) is 5.91 Å². The van der Waals surface area contributed by atoms with Gasteiger partial charge >= 0.3 is 0 Å². The molecule has 0 unspecified atom stereocenters. The molecular weight excluding hydrogens is 299 g/mol. The van der Waals surface area contributed by atoms with Gasteiger partial charge < -0.3 is 5.32 Å². The van der Waals surface area contributed by atoms with Gasteiger partial charge in [0.25, 0.3) is 0 Å². The summed E-state index contributed by atoms with van der Waals surface area (Å²) in [6, 6.07) is 6.43. The lowest BCUT2D eigenvalue weighted by Crippen LogP contribution is -2.49. The number of aryl methyl sites for hydroxylation is 1. The van der Waals surface area contributed by atoms with Gasteiger partial charge in [0.1, 0.15) is 5.82 Å². The lowest BCUT2D eigenvalue weighted by Gasteiger charge is -2.40. The summed E-state index contributed by atoms with van der Waals surface area (Å²) in [4.78, 5) is 17.0. The average Bonchev–Trinajstić information content (AvgIpc) is 2.83. The van der Waals surface area contributed by atoms with Crippen LogP contribution in [-0.2, 0) is 16.6 Å². The second kappa shape index (κ2) is 6.16. The van der Waals surface area contributed by atoms with Crippen molar-refractivity contribution >= 4 is 17.2 Å². The molecule has 0 radical (unpaired) electrons. The van der Waals surface area contributed by atoms with Gasteiger partial charge in [-0.15, -0.1) is 11.3 Å². The molecule has 1 aliphatic carbocycles. The number of carbonyl (C=O) groups excluding carboxylic acids is 1. The Kier molecular flexibility index (Phi) is 4.25. The van der Waals surface area contributed by atoms with E-state index >= 15 is 0 Å². The Morgan fingerprint density at radius 2 is 2.27 bits per heavy atom. The third-order valence-corrected chi connectivity index (χ3v) is 5.17. The molecule has 1 N–H and O–H groups in total. The highest BCUT2D eigenvalue weighted by Gasteiger charge is 2.45. The van der Waals surface area contributed by atoms with Crippen molar-refractivity contribution in [1.82, 2.24) is 10.3 Å². The van der Waals surface area contributed by atoms with Gasteiger partial charge in [-0.1, -0.05) is 18.6 Å². The summed E-state index contributed by atoms with van der Waals surface area (Å²) in [5.74, 6) is -0.272. The molecule has 1 saturated carbocycles. The molecule has 0 aliphatic heterocycles. The van der Waals surface area contributed by atoms with E-state index in [1.165, 1.54) is 12.1 Å². The molecule has 3 nitrogen and oxygen atoms in total. The predicted octanol–water partition coefficient (Wildman–Crippen LogP) is 3.37. The Morgan fingerprint density at radius 3 is 2.86 bits per heavy atom. The Balaban J connectivity index is 1.64. The van der Waals surface area contributed by atoms with Crippen LogP contribution in [0.3, 0.4) is 0 Å². The zero-order valence-corrected chi connectivity index (χ0v) is 13.4. The fourth-order valence-electron chi connectivity index (χ4n) is 2.96. The first-order valence-corrected chi connectivity index (χ1v) is 8.43. The van der Waals surface area contributed by atoms with E-state index in [4.69, 9.17) is 0 Å². The van der Waals surface area contributed by atoms with E-state index in [0.29, 0.717) is 6.54 Å². The summed E-state index contributed by atoms with van der Waals surface area (Å²) >= 11 is 1.62. The minimum absolute atomic E-state index is 0.0105. The molecule has 3 rings (SSSR count). The summed E-state index contributed by atoms with van der Waals surface area (Å²) in [7, 11) is 0.